The Morgan fingerprint density at radius 1 is 1.02 bits per heavy atom. The van der Waals surface area contributed by atoms with Crippen molar-refractivity contribution in [2.75, 3.05) is 13.1 Å². The molecule has 0 fully saturated rings. The number of carbonyl (C=O) groups is 3. The first kappa shape index (κ1) is 28.9. The largest absolute Gasteiger partial charge is 0.457 e. The second-order valence-corrected chi connectivity index (χ2v) is 10.9. The summed E-state index contributed by atoms with van der Waals surface area (Å²) >= 11 is 0. The van der Waals surface area contributed by atoms with Crippen molar-refractivity contribution in [1.82, 2.24) is 20.4 Å². The van der Waals surface area contributed by atoms with E-state index in [1.54, 1.807) is 28.0 Å². The van der Waals surface area contributed by atoms with E-state index in [1.807, 2.05) is 75.4 Å². The Kier molecular flexibility index (Phi) is 8.56. The van der Waals surface area contributed by atoms with Gasteiger partial charge in [-0.05, 0) is 55.2 Å². The molecular formula is C33H35FN4O4. The molecule has 0 radical (unpaired) electrons. The highest BCUT2D eigenvalue weighted by Crippen LogP contribution is 2.38. The highest BCUT2D eigenvalue weighted by molar-refractivity contribution is 6.03. The monoisotopic (exact) mass is 570 g/mol. The van der Waals surface area contributed by atoms with Crippen molar-refractivity contribution in [3.8, 4) is 11.5 Å². The lowest BCUT2D eigenvalue weighted by atomic mass is 9.95. The number of likely N-dealkylation sites (N-methyl/N-ethyl adjacent to an activating group) is 1. The zero-order valence-electron chi connectivity index (χ0n) is 24.0. The molecule has 3 aromatic rings. The second kappa shape index (κ2) is 12.5. The summed E-state index contributed by atoms with van der Waals surface area (Å²) in [6, 6.07) is 21.1. The van der Waals surface area contributed by atoms with Crippen molar-refractivity contribution >= 4 is 17.8 Å². The molecule has 2 atom stereocenters. The number of rotatable bonds is 10. The number of nitrogens with zero attached hydrogens (tertiary/aromatic N) is 2. The first-order valence-electron chi connectivity index (χ1n) is 14.2. The molecule has 2 heterocycles. The molecular weight excluding hydrogens is 535 g/mol. The van der Waals surface area contributed by atoms with Gasteiger partial charge < -0.3 is 20.3 Å². The van der Waals surface area contributed by atoms with Crippen molar-refractivity contribution in [1.29, 1.82) is 0 Å². The van der Waals surface area contributed by atoms with E-state index in [0.717, 1.165) is 0 Å². The van der Waals surface area contributed by atoms with Crippen LogP contribution in [0, 0.1) is 11.7 Å². The van der Waals surface area contributed by atoms with Crippen LogP contribution in [0.2, 0.25) is 0 Å². The van der Waals surface area contributed by atoms with Crippen LogP contribution in [0.15, 0.2) is 90.1 Å². The Morgan fingerprint density at radius 2 is 1.74 bits per heavy atom. The smallest absolute Gasteiger partial charge is 0.322 e. The molecule has 0 unspecified atom stereocenters. The number of ether oxygens (including phenoxy) is 1. The van der Waals surface area contributed by atoms with Gasteiger partial charge in [0.15, 0.2) is 0 Å². The molecule has 0 aromatic heterocycles. The third-order valence-corrected chi connectivity index (χ3v) is 7.52. The number of nitrogens with one attached hydrogen (secondary N) is 2. The van der Waals surface area contributed by atoms with Crippen LogP contribution in [0.25, 0.3) is 0 Å². The van der Waals surface area contributed by atoms with E-state index in [-0.39, 0.29) is 36.9 Å². The first-order chi connectivity index (χ1) is 20.3. The van der Waals surface area contributed by atoms with Crippen LogP contribution in [0.1, 0.15) is 44.4 Å². The quantitative estimate of drug-likeness (QED) is 0.335. The van der Waals surface area contributed by atoms with Crippen LogP contribution in [-0.4, -0.2) is 46.8 Å². The van der Waals surface area contributed by atoms with Crippen molar-refractivity contribution in [3.63, 3.8) is 0 Å². The van der Waals surface area contributed by atoms with Gasteiger partial charge in [-0.25, -0.2) is 9.18 Å². The van der Waals surface area contributed by atoms with Crippen LogP contribution in [0.5, 0.6) is 11.5 Å². The number of urea groups is 1. The third kappa shape index (κ3) is 6.00. The van der Waals surface area contributed by atoms with Crippen molar-refractivity contribution in [2.24, 2.45) is 5.92 Å². The summed E-state index contributed by atoms with van der Waals surface area (Å²) in [5.41, 5.74) is 2.08. The fourth-order valence-corrected chi connectivity index (χ4v) is 5.50. The average Bonchev–Trinajstić information content (AvgIpc) is 3.31. The summed E-state index contributed by atoms with van der Waals surface area (Å²) in [6.45, 7) is 6.30. The van der Waals surface area contributed by atoms with Gasteiger partial charge in [0, 0.05) is 18.7 Å². The normalized spacial score (nSPS) is 17.3. The SMILES string of the molecule is CCN1C(=O)N[C@H](c2cccc(Oc3ccccc3)c2)C2=C1CN([C@H](CC(C)C)C(=O)NCc1ccccc1F)C2=O. The zero-order valence-corrected chi connectivity index (χ0v) is 24.0. The van der Waals surface area contributed by atoms with Crippen LogP contribution < -0.4 is 15.4 Å². The molecule has 218 valence electrons. The van der Waals surface area contributed by atoms with E-state index in [4.69, 9.17) is 4.74 Å². The maximum atomic E-state index is 14.2. The number of halogens is 1. The predicted octanol–water partition coefficient (Wildman–Crippen LogP) is 5.53. The van der Waals surface area contributed by atoms with E-state index in [1.165, 1.54) is 6.07 Å². The highest BCUT2D eigenvalue weighted by atomic mass is 19.1. The van der Waals surface area contributed by atoms with Crippen LogP contribution in [-0.2, 0) is 16.1 Å². The summed E-state index contributed by atoms with van der Waals surface area (Å²) in [5, 5.41) is 5.82. The fraction of sp³-hybridized carbons (Fsp3) is 0.303. The Morgan fingerprint density at radius 3 is 2.45 bits per heavy atom. The molecule has 42 heavy (non-hydrogen) atoms. The van der Waals surface area contributed by atoms with Gasteiger partial charge in [0.25, 0.3) is 5.91 Å². The highest BCUT2D eigenvalue weighted by Gasteiger charge is 2.47. The van der Waals surface area contributed by atoms with Gasteiger partial charge >= 0.3 is 6.03 Å². The van der Waals surface area contributed by atoms with E-state index in [0.29, 0.717) is 46.9 Å². The van der Waals surface area contributed by atoms with Crippen molar-refractivity contribution < 1.29 is 23.5 Å². The van der Waals surface area contributed by atoms with E-state index >= 15 is 0 Å². The lowest BCUT2D eigenvalue weighted by Gasteiger charge is -2.33. The number of hydrogen-bond donors (Lipinski definition) is 2. The Balaban J connectivity index is 1.43. The summed E-state index contributed by atoms with van der Waals surface area (Å²) < 4.78 is 20.2. The first-order valence-corrected chi connectivity index (χ1v) is 14.2. The van der Waals surface area contributed by atoms with Gasteiger partial charge in [-0.2, -0.15) is 0 Å². The summed E-state index contributed by atoms with van der Waals surface area (Å²) in [6.07, 6.45) is 0.411. The molecule has 2 N–H and O–H groups in total. The third-order valence-electron chi connectivity index (χ3n) is 7.52. The second-order valence-electron chi connectivity index (χ2n) is 10.9. The molecule has 0 bridgehead atoms. The number of benzene rings is 3. The Bertz CT molecular complexity index is 1510. The maximum absolute atomic E-state index is 14.2. The molecule has 2 aliphatic rings. The van der Waals surface area contributed by atoms with Gasteiger partial charge in [-0.1, -0.05) is 62.4 Å². The lowest BCUT2D eigenvalue weighted by molar-refractivity contribution is -0.137. The Hall–Kier alpha value is -4.66. The maximum Gasteiger partial charge on any atom is 0.322 e. The summed E-state index contributed by atoms with van der Waals surface area (Å²) in [5.74, 6) is 0.258. The van der Waals surface area contributed by atoms with Gasteiger partial charge in [0.1, 0.15) is 23.4 Å². The Labute approximate surface area is 245 Å². The number of carbonyl (C=O) groups excluding carboxylic acids is 3. The van der Waals surface area contributed by atoms with Crippen molar-refractivity contribution in [3.05, 3.63) is 107 Å². The molecule has 0 aliphatic carbocycles. The van der Waals surface area contributed by atoms with Crippen LogP contribution in [0.4, 0.5) is 9.18 Å². The number of hydrogen-bond acceptors (Lipinski definition) is 4. The minimum Gasteiger partial charge on any atom is -0.457 e. The zero-order chi connectivity index (χ0) is 29.8. The van der Waals surface area contributed by atoms with Crippen LogP contribution in [0.3, 0.4) is 0 Å². The lowest BCUT2D eigenvalue weighted by Crippen LogP contribution is -2.49. The van der Waals surface area contributed by atoms with Crippen LogP contribution >= 0.6 is 0 Å². The predicted molar refractivity (Wildman–Crippen MR) is 157 cm³/mol. The summed E-state index contributed by atoms with van der Waals surface area (Å²) in [7, 11) is 0. The molecule has 3 aromatic carbocycles. The van der Waals surface area contributed by atoms with E-state index in [2.05, 4.69) is 10.6 Å². The van der Waals surface area contributed by atoms with Gasteiger partial charge in [0.05, 0.1) is 23.9 Å². The molecule has 5 rings (SSSR count). The standard InChI is InChI=1S/C33H35FN4O4/c1-4-37-28-20-38(27(17-21(2)3)31(39)35-19-23-11-8-9-16-26(23)34)32(40)29(28)30(36-33(37)41)22-12-10-15-25(18-22)42-24-13-6-5-7-14-24/h5-16,18,21,27,30H,4,17,19-20H2,1-3H3,(H,35,39)(H,36,41)/t27-,30-/m1/s1. The minimum absolute atomic E-state index is 0.00718. The molecule has 0 saturated carbocycles. The van der Waals surface area contributed by atoms with Gasteiger partial charge in [-0.15, -0.1) is 0 Å². The van der Waals surface area contributed by atoms with E-state index in [9.17, 15) is 18.8 Å². The van der Waals surface area contributed by atoms with Gasteiger partial charge in [-0.3, -0.25) is 14.5 Å². The molecule has 9 heteroatoms. The van der Waals surface area contributed by atoms with Gasteiger partial charge in [0.2, 0.25) is 5.91 Å². The summed E-state index contributed by atoms with van der Waals surface area (Å²) in [4.78, 5) is 44.0. The topological polar surface area (TPSA) is 91.0 Å². The molecule has 8 nitrogen and oxygen atoms in total. The molecule has 0 spiro atoms. The molecule has 0 saturated heterocycles. The number of para-hydroxylation sites is 1. The van der Waals surface area contributed by atoms with Crippen molar-refractivity contribution in [2.45, 2.75) is 45.8 Å². The molecule has 4 amide bonds. The fourth-order valence-electron chi connectivity index (χ4n) is 5.50. The average molecular weight is 571 g/mol. The minimum atomic E-state index is -0.794. The van der Waals surface area contributed by atoms with E-state index < -0.39 is 17.9 Å². The number of amides is 4. The molecule has 2 aliphatic heterocycles.